The van der Waals surface area contributed by atoms with Crippen LogP contribution >= 0.6 is 0 Å². The van der Waals surface area contributed by atoms with Gasteiger partial charge in [0.1, 0.15) is 5.75 Å². The van der Waals surface area contributed by atoms with Crippen LogP contribution in [0, 0.1) is 6.92 Å². The molecule has 2 rings (SSSR count). The molecule has 1 amide bonds. The zero-order valence-electron chi connectivity index (χ0n) is 11.3. The van der Waals surface area contributed by atoms with E-state index in [4.69, 9.17) is 4.74 Å². The Labute approximate surface area is 112 Å². The first kappa shape index (κ1) is 13.1. The Balaban J connectivity index is 2.18. The molecule has 0 unspecified atom stereocenters. The summed E-state index contributed by atoms with van der Waals surface area (Å²) in [4.78, 5) is 12.2. The second-order valence-corrected chi connectivity index (χ2v) is 4.15. The summed E-state index contributed by atoms with van der Waals surface area (Å²) >= 11 is 0. The fourth-order valence-corrected chi connectivity index (χ4v) is 1.89. The second kappa shape index (κ2) is 5.56. The molecule has 0 atom stereocenters. The average Bonchev–Trinajstić information content (AvgIpc) is 2.80. The van der Waals surface area contributed by atoms with Crippen LogP contribution in [0.4, 0.5) is 5.69 Å². The highest BCUT2D eigenvalue weighted by atomic mass is 16.5. The van der Waals surface area contributed by atoms with Crippen molar-refractivity contribution in [3.63, 3.8) is 0 Å². The van der Waals surface area contributed by atoms with Crippen LogP contribution in [0.5, 0.6) is 5.75 Å². The van der Waals surface area contributed by atoms with E-state index in [0.29, 0.717) is 17.0 Å². The first-order valence-electron chi connectivity index (χ1n) is 6.13. The highest BCUT2D eigenvalue weighted by Crippen LogP contribution is 2.18. The van der Waals surface area contributed by atoms with Gasteiger partial charge in [0, 0.05) is 24.0 Å². The summed E-state index contributed by atoms with van der Waals surface area (Å²) in [6, 6.07) is 7.25. The maximum atomic E-state index is 12.2. The Morgan fingerprint density at radius 1 is 1.47 bits per heavy atom. The minimum Gasteiger partial charge on any atom is -0.497 e. The van der Waals surface area contributed by atoms with E-state index in [9.17, 15) is 4.79 Å². The number of rotatable bonds is 4. The number of hydrogen-bond donors (Lipinski definition) is 1. The molecule has 19 heavy (non-hydrogen) atoms. The topological polar surface area (TPSA) is 56.2 Å². The van der Waals surface area contributed by atoms with E-state index in [1.807, 2.05) is 32.0 Å². The van der Waals surface area contributed by atoms with Crippen molar-refractivity contribution >= 4 is 11.6 Å². The summed E-state index contributed by atoms with van der Waals surface area (Å²) in [5, 5.41) is 7.00. The lowest BCUT2D eigenvalue weighted by Crippen LogP contribution is -2.13. The molecule has 0 bridgehead atoms. The molecule has 0 aliphatic rings. The fraction of sp³-hybridized carbons (Fsp3) is 0.286. The SMILES string of the molecule is CCn1ncc(C(=O)Nc2cccc(OC)c2)c1C. The fourth-order valence-electron chi connectivity index (χ4n) is 1.89. The maximum Gasteiger partial charge on any atom is 0.259 e. The molecule has 1 aromatic carbocycles. The number of anilines is 1. The van der Waals surface area contributed by atoms with Gasteiger partial charge < -0.3 is 10.1 Å². The molecule has 0 aliphatic heterocycles. The van der Waals surface area contributed by atoms with Crippen LogP contribution in [-0.4, -0.2) is 22.8 Å². The van der Waals surface area contributed by atoms with Gasteiger partial charge in [0.05, 0.1) is 18.9 Å². The molecule has 1 aromatic heterocycles. The van der Waals surface area contributed by atoms with Gasteiger partial charge in [-0.3, -0.25) is 9.48 Å². The first-order valence-corrected chi connectivity index (χ1v) is 6.13. The van der Waals surface area contributed by atoms with E-state index < -0.39 is 0 Å². The number of nitrogens with zero attached hydrogens (tertiary/aromatic N) is 2. The monoisotopic (exact) mass is 259 g/mol. The van der Waals surface area contributed by atoms with Crippen molar-refractivity contribution in [2.75, 3.05) is 12.4 Å². The number of hydrogen-bond acceptors (Lipinski definition) is 3. The molecule has 0 aliphatic carbocycles. The quantitative estimate of drug-likeness (QED) is 0.917. The van der Waals surface area contributed by atoms with Crippen LogP contribution in [-0.2, 0) is 6.54 Å². The Morgan fingerprint density at radius 2 is 2.26 bits per heavy atom. The van der Waals surface area contributed by atoms with Crippen molar-refractivity contribution in [1.82, 2.24) is 9.78 Å². The summed E-state index contributed by atoms with van der Waals surface area (Å²) in [6.45, 7) is 4.62. The molecule has 5 heteroatoms. The summed E-state index contributed by atoms with van der Waals surface area (Å²) < 4.78 is 6.91. The molecule has 2 aromatic rings. The number of ether oxygens (including phenoxy) is 1. The van der Waals surface area contributed by atoms with E-state index in [1.54, 1.807) is 24.1 Å². The predicted octanol–water partition coefficient (Wildman–Crippen LogP) is 2.47. The van der Waals surface area contributed by atoms with Gasteiger partial charge in [0.2, 0.25) is 0 Å². The number of methoxy groups -OCH3 is 1. The number of aromatic nitrogens is 2. The summed E-state index contributed by atoms with van der Waals surface area (Å²) in [5.41, 5.74) is 2.15. The number of benzene rings is 1. The Hall–Kier alpha value is -2.30. The molecule has 1 heterocycles. The molecule has 100 valence electrons. The number of amides is 1. The smallest absolute Gasteiger partial charge is 0.259 e. The zero-order valence-corrected chi connectivity index (χ0v) is 11.3. The number of carbonyl (C=O) groups is 1. The molecule has 5 nitrogen and oxygen atoms in total. The van der Waals surface area contributed by atoms with Crippen LogP contribution in [0.1, 0.15) is 23.0 Å². The van der Waals surface area contributed by atoms with Crippen LogP contribution in [0.2, 0.25) is 0 Å². The van der Waals surface area contributed by atoms with Gasteiger partial charge in [-0.1, -0.05) is 6.07 Å². The second-order valence-electron chi connectivity index (χ2n) is 4.15. The molecule has 0 spiro atoms. The largest absolute Gasteiger partial charge is 0.497 e. The third-order valence-electron chi connectivity index (χ3n) is 2.97. The maximum absolute atomic E-state index is 12.2. The van der Waals surface area contributed by atoms with Crippen LogP contribution < -0.4 is 10.1 Å². The first-order chi connectivity index (χ1) is 9.15. The van der Waals surface area contributed by atoms with Crippen molar-refractivity contribution in [2.24, 2.45) is 0 Å². The minimum absolute atomic E-state index is 0.162. The normalized spacial score (nSPS) is 10.3. The zero-order chi connectivity index (χ0) is 13.8. The third-order valence-corrected chi connectivity index (χ3v) is 2.97. The van der Waals surface area contributed by atoms with Gasteiger partial charge in [0.25, 0.3) is 5.91 Å². The van der Waals surface area contributed by atoms with Crippen molar-refractivity contribution in [3.8, 4) is 5.75 Å². The van der Waals surface area contributed by atoms with Gasteiger partial charge in [-0.25, -0.2) is 0 Å². The van der Waals surface area contributed by atoms with E-state index in [0.717, 1.165) is 12.2 Å². The Bertz CT molecular complexity index is 590. The van der Waals surface area contributed by atoms with Gasteiger partial charge in [-0.2, -0.15) is 5.10 Å². The Kier molecular flexibility index (Phi) is 3.85. The van der Waals surface area contributed by atoms with Crippen molar-refractivity contribution in [3.05, 3.63) is 41.7 Å². The lowest BCUT2D eigenvalue weighted by molar-refractivity contribution is 0.102. The highest BCUT2D eigenvalue weighted by Gasteiger charge is 2.13. The van der Waals surface area contributed by atoms with Crippen LogP contribution in [0.3, 0.4) is 0 Å². The van der Waals surface area contributed by atoms with Crippen molar-refractivity contribution < 1.29 is 9.53 Å². The van der Waals surface area contributed by atoms with E-state index in [-0.39, 0.29) is 5.91 Å². The lowest BCUT2D eigenvalue weighted by Gasteiger charge is -2.07. The molecular formula is C14H17N3O2. The average molecular weight is 259 g/mol. The van der Waals surface area contributed by atoms with Crippen molar-refractivity contribution in [2.45, 2.75) is 20.4 Å². The van der Waals surface area contributed by atoms with Gasteiger partial charge in [0.15, 0.2) is 0 Å². The van der Waals surface area contributed by atoms with Gasteiger partial charge in [-0.15, -0.1) is 0 Å². The number of nitrogens with one attached hydrogen (secondary N) is 1. The molecule has 0 saturated carbocycles. The van der Waals surface area contributed by atoms with Gasteiger partial charge >= 0.3 is 0 Å². The highest BCUT2D eigenvalue weighted by molar-refractivity contribution is 6.04. The summed E-state index contributed by atoms with van der Waals surface area (Å²) in [7, 11) is 1.59. The number of aryl methyl sites for hydroxylation is 1. The summed E-state index contributed by atoms with van der Waals surface area (Å²) in [5.74, 6) is 0.546. The van der Waals surface area contributed by atoms with Gasteiger partial charge in [-0.05, 0) is 26.0 Å². The number of carbonyl (C=O) groups excluding carboxylic acids is 1. The van der Waals surface area contributed by atoms with E-state index >= 15 is 0 Å². The molecule has 0 radical (unpaired) electrons. The Morgan fingerprint density at radius 3 is 2.89 bits per heavy atom. The molecule has 0 saturated heterocycles. The minimum atomic E-state index is -0.162. The third kappa shape index (κ3) is 2.76. The van der Waals surface area contributed by atoms with Crippen LogP contribution in [0.15, 0.2) is 30.5 Å². The summed E-state index contributed by atoms with van der Waals surface area (Å²) in [6.07, 6.45) is 1.59. The molecule has 1 N–H and O–H groups in total. The standard InChI is InChI=1S/C14H17N3O2/c1-4-17-10(2)13(9-15-17)14(18)16-11-6-5-7-12(8-11)19-3/h5-9H,4H2,1-3H3,(H,16,18). The molecular weight excluding hydrogens is 242 g/mol. The van der Waals surface area contributed by atoms with E-state index in [2.05, 4.69) is 10.4 Å². The van der Waals surface area contributed by atoms with E-state index in [1.165, 1.54) is 0 Å². The predicted molar refractivity (Wildman–Crippen MR) is 73.6 cm³/mol. The molecule has 0 fully saturated rings. The van der Waals surface area contributed by atoms with Crippen LogP contribution in [0.25, 0.3) is 0 Å². The lowest BCUT2D eigenvalue weighted by atomic mass is 10.2. The van der Waals surface area contributed by atoms with Crippen molar-refractivity contribution in [1.29, 1.82) is 0 Å².